The van der Waals surface area contributed by atoms with Crippen LogP contribution in [-0.4, -0.2) is 21.1 Å². The quantitative estimate of drug-likeness (QED) is 0.555. The first-order chi connectivity index (χ1) is 7.40. The standard InChI is InChI=1S/C11H9N3O/c15-9-2-5-10-4-1-6-11(13-10)14-8-3-7-12-14/h1-9H/b5-2+. The Hall–Kier alpha value is -2.23. The molecule has 15 heavy (non-hydrogen) atoms. The normalized spacial score (nSPS) is 10.7. The van der Waals surface area contributed by atoms with Gasteiger partial charge >= 0.3 is 0 Å². The minimum atomic E-state index is 0.724. The van der Waals surface area contributed by atoms with Crippen molar-refractivity contribution >= 4 is 12.4 Å². The van der Waals surface area contributed by atoms with E-state index >= 15 is 0 Å². The molecule has 0 bridgehead atoms. The molecule has 0 aliphatic carbocycles. The number of aromatic nitrogens is 3. The Bertz CT molecular complexity index is 474. The predicted octanol–water partition coefficient (Wildman–Crippen LogP) is 1.48. The van der Waals surface area contributed by atoms with Crippen LogP contribution < -0.4 is 0 Å². The number of nitrogens with zero attached hydrogens (tertiary/aromatic N) is 3. The second kappa shape index (κ2) is 4.32. The highest BCUT2D eigenvalue weighted by Crippen LogP contribution is 2.05. The van der Waals surface area contributed by atoms with Gasteiger partial charge in [0.25, 0.3) is 0 Å². The molecule has 2 aromatic rings. The first kappa shape index (κ1) is 9.33. The minimum Gasteiger partial charge on any atom is -0.299 e. The molecule has 0 aromatic carbocycles. The Morgan fingerprint density at radius 3 is 2.93 bits per heavy atom. The van der Waals surface area contributed by atoms with Gasteiger partial charge in [-0.2, -0.15) is 5.10 Å². The van der Waals surface area contributed by atoms with Gasteiger partial charge in [-0.1, -0.05) is 6.07 Å². The molecule has 2 aromatic heterocycles. The van der Waals surface area contributed by atoms with Crippen molar-refractivity contribution < 1.29 is 4.79 Å². The molecule has 0 atom stereocenters. The molecular weight excluding hydrogens is 190 g/mol. The van der Waals surface area contributed by atoms with E-state index in [1.807, 2.05) is 30.5 Å². The van der Waals surface area contributed by atoms with E-state index in [9.17, 15) is 4.79 Å². The van der Waals surface area contributed by atoms with E-state index in [0.717, 1.165) is 17.8 Å². The summed E-state index contributed by atoms with van der Waals surface area (Å²) in [6.07, 6.45) is 7.29. The predicted molar refractivity (Wildman–Crippen MR) is 56.5 cm³/mol. The third-order valence-electron chi connectivity index (χ3n) is 1.84. The average Bonchev–Trinajstić information content (AvgIpc) is 2.80. The number of allylic oxidation sites excluding steroid dienone is 1. The average molecular weight is 199 g/mol. The highest BCUT2D eigenvalue weighted by atomic mass is 16.1. The van der Waals surface area contributed by atoms with E-state index in [4.69, 9.17) is 0 Å². The number of carbonyl (C=O) groups excluding carboxylic acids is 1. The monoisotopic (exact) mass is 199 g/mol. The fourth-order valence-corrected chi connectivity index (χ4v) is 1.20. The van der Waals surface area contributed by atoms with Crippen molar-refractivity contribution in [1.29, 1.82) is 0 Å². The van der Waals surface area contributed by atoms with Crippen molar-refractivity contribution in [2.45, 2.75) is 0 Å². The highest BCUT2D eigenvalue weighted by molar-refractivity contribution is 5.73. The summed E-state index contributed by atoms with van der Waals surface area (Å²) < 4.78 is 1.66. The summed E-state index contributed by atoms with van der Waals surface area (Å²) in [5.41, 5.74) is 0.732. The topological polar surface area (TPSA) is 47.8 Å². The summed E-state index contributed by atoms with van der Waals surface area (Å²) >= 11 is 0. The Morgan fingerprint density at radius 2 is 2.20 bits per heavy atom. The van der Waals surface area contributed by atoms with Crippen molar-refractivity contribution in [3.63, 3.8) is 0 Å². The van der Waals surface area contributed by atoms with E-state index in [-0.39, 0.29) is 0 Å². The fraction of sp³-hybridized carbons (Fsp3) is 0. The molecule has 0 aliphatic rings. The smallest absolute Gasteiger partial charge is 0.153 e. The van der Waals surface area contributed by atoms with E-state index < -0.39 is 0 Å². The van der Waals surface area contributed by atoms with Crippen molar-refractivity contribution in [3.05, 3.63) is 48.4 Å². The van der Waals surface area contributed by atoms with Crippen LogP contribution in [0.15, 0.2) is 42.7 Å². The Labute approximate surface area is 86.9 Å². The van der Waals surface area contributed by atoms with Crippen molar-refractivity contribution in [3.8, 4) is 5.82 Å². The summed E-state index contributed by atoms with van der Waals surface area (Å²) in [6, 6.07) is 7.38. The summed E-state index contributed by atoms with van der Waals surface area (Å²) in [5, 5.41) is 4.07. The maximum Gasteiger partial charge on any atom is 0.153 e. The molecule has 0 fully saturated rings. The first-order valence-electron chi connectivity index (χ1n) is 4.49. The van der Waals surface area contributed by atoms with Gasteiger partial charge in [-0.25, -0.2) is 9.67 Å². The number of hydrogen-bond acceptors (Lipinski definition) is 3. The zero-order chi connectivity index (χ0) is 10.5. The molecular formula is C11H9N3O. The van der Waals surface area contributed by atoms with Crippen molar-refractivity contribution in [2.24, 2.45) is 0 Å². The molecule has 0 amide bonds. The molecule has 0 aliphatic heterocycles. The zero-order valence-corrected chi connectivity index (χ0v) is 7.95. The molecule has 2 heterocycles. The van der Waals surface area contributed by atoms with Gasteiger partial charge in [0.1, 0.15) is 6.29 Å². The van der Waals surface area contributed by atoms with Crippen molar-refractivity contribution in [1.82, 2.24) is 14.8 Å². The molecule has 4 heteroatoms. The Morgan fingerprint density at radius 1 is 1.27 bits per heavy atom. The number of rotatable bonds is 3. The number of aldehydes is 1. The van der Waals surface area contributed by atoms with E-state index in [2.05, 4.69) is 10.1 Å². The third kappa shape index (κ3) is 2.17. The number of hydrogen-bond donors (Lipinski definition) is 0. The van der Waals surface area contributed by atoms with Gasteiger partial charge in [0.15, 0.2) is 5.82 Å². The SMILES string of the molecule is O=C/C=C/c1cccc(-n2cccn2)n1. The molecule has 74 valence electrons. The number of carbonyl (C=O) groups is 1. The van der Waals surface area contributed by atoms with Gasteiger partial charge < -0.3 is 0 Å². The Balaban J connectivity index is 2.34. The summed E-state index contributed by atoms with van der Waals surface area (Å²) in [7, 11) is 0. The zero-order valence-electron chi connectivity index (χ0n) is 7.95. The van der Waals surface area contributed by atoms with Crippen LogP contribution in [0.3, 0.4) is 0 Å². The van der Waals surface area contributed by atoms with E-state index in [1.165, 1.54) is 6.08 Å². The van der Waals surface area contributed by atoms with Crippen LogP contribution in [0.1, 0.15) is 5.69 Å². The van der Waals surface area contributed by atoms with Crippen LogP contribution >= 0.6 is 0 Å². The van der Waals surface area contributed by atoms with Crippen LogP contribution in [0.25, 0.3) is 11.9 Å². The lowest BCUT2D eigenvalue weighted by Crippen LogP contribution is -1.98. The summed E-state index contributed by atoms with van der Waals surface area (Å²) in [6.45, 7) is 0. The van der Waals surface area contributed by atoms with Crippen LogP contribution in [0.4, 0.5) is 0 Å². The molecule has 0 unspecified atom stereocenters. The summed E-state index contributed by atoms with van der Waals surface area (Å²) in [4.78, 5) is 14.5. The van der Waals surface area contributed by atoms with E-state index in [1.54, 1.807) is 17.0 Å². The van der Waals surface area contributed by atoms with Gasteiger partial charge in [-0.3, -0.25) is 4.79 Å². The molecule has 0 N–H and O–H groups in total. The van der Waals surface area contributed by atoms with Crippen LogP contribution in [0, 0.1) is 0 Å². The molecule has 0 spiro atoms. The van der Waals surface area contributed by atoms with Crippen LogP contribution in [-0.2, 0) is 4.79 Å². The van der Waals surface area contributed by atoms with Gasteiger partial charge in [0, 0.05) is 12.4 Å². The lowest BCUT2D eigenvalue weighted by Gasteiger charge is -2.00. The maximum atomic E-state index is 10.2. The second-order valence-electron chi connectivity index (χ2n) is 2.87. The van der Waals surface area contributed by atoms with Crippen LogP contribution in [0.2, 0.25) is 0 Å². The van der Waals surface area contributed by atoms with Gasteiger partial charge in [-0.05, 0) is 30.4 Å². The van der Waals surface area contributed by atoms with Gasteiger partial charge in [0.2, 0.25) is 0 Å². The molecule has 0 saturated heterocycles. The Kier molecular flexibility index (Phi) is 2.69. The lowest BCUT2D eigenvalue weighted by atomic mass is 10.3. The number of pyridine rings is 1. The molecule has 0 radical (unpaired) electrons. The van der Waals surface area contributed by atoms with Crippen LogP contribution in [0.5, 0.6) is 0 Å². The molecule has 0 saturated carbocycles. The first-order valence-corrected chi connectivity index (χ1v) is 4.49. The fourth-order valence-electron chi connectivity index (χ4n) is 1.20. The second-order valence-corrected chi connectivity index (χ2v) is 2.87. The van der Waals surface area contributed by atoms with E-state index in [0.29, 0.717) is 0 Å². The summed E-state index contributed by atoms with van der Waals surface area (Å²) in [5.74, 6) is 0.730. The molecule has 4 nitrogen and oxygen atoms in total. The van der Waals surface area contributed by atoms with Gasteiger partial charge in [-0.15, -0.1) is 0 Å². The van der Waals surface area contributed by atoms with Crippen molar-refractivity contribution in [2.75, 3.05) is 0 Å². The maximum absolute atomic E-state index is 10.2. The third-order valence-corrected chi connectivity index (χ3v) is 1.84. The van der Waals surface area contributed by atoms with Gasteiger partial charge in [0.05, 0.1) is 5.69 Å². The molecule has 2 rings (SSSR count). The highest BCUT2D eigenvalue weighted by Gasteiger charge is 1.97. The lowest BCUT2D eigenvalue weighted by molar-refractivity contribution is -0.104. The minimum absolute atomic E-state index is 0.724. The largest absolute Gasteiger partial charge is 0.299 e.